The van der Waals surface area contributed by atoms with Gasteiger partial charge in [-0.25, -0.2) is 4.68 Å². The molecule has 3 N–H and O–H groups in total. The highest BCUT2D eigenvalue weighted by Gasteiger charge is 2.53. The maximum atomic E-state index is 12.7. The summed E-state index contributed by atoms with van der Waals surface area (Å²) in [4.78, 5) is 26.7. The number of carbonyl (C=O) groups excluding carboxylic acids is 2. The largest absolute Gasteiger partial charge is 0.352 e. The molecule has 0 spiro atoms. The molecule has 4 saturated carbocycles. The van der Waals surface area contributed by atoms with Crippen LogP contribution < -0.4 is 11.2 Å². The van der Waals surface area contributed by atoms with Gasteiger partial charge < -0.3 is 16.1 Å². The highest BCUT2D eigenvalue weighted by atomic mass is 32.2. The molecule has 1 heterocycles. The van der Waals surface area contributed by atoms with Crippen LogP contribution >= 0.6 is 23.5 Å². The number of amides is 2. The molecule has 178 valence electrons. The van der Waals surface area contributed by atoms with E-state index in [1.54, 1.807) is 4.90 Å². The van der Waals surface area contributed by atoms with Crippen molar-refractivity contribution < 1.29 is 9.59 Å². The van der Waals surface area contributed by atoms with Gasteiger partial charge in [-0.1, -0.05) is 23.5 Å². The number of hydrogen-bond donors (Lipinski definition) is 2. The Morgan fingerprint density at radius 1 is 1.06 bits per heavy atom. The van der Waals surface area contributed by atoms with Crippen LogP contribution in [-0.2, 0) is 9.59 Å². The Bertz CT molecular complexity index is 805. The molecule has 2 amide bonds. The van der Waals surface area contributed by atoms with E-state index >= 15 is 0 Å². The third-order valence-electron chi connectivity index (χ3n) is 7.79. The van der Waals surface area contributed by atoms with Crippen molar-refractivity contribution in [2.75, 3.05) is 30.4 Å². The third kappa shape index (κ3) is 4.90. The molecule has 1 unspecified atom stereocenters. The van der Waals surface area contributed by atoms with E-state index in [2.05, 4.69) is 22.4 Å². The summed E-state index contributed by atoms with van der Waals surface area (Å²) in [5, 5.41) is 12.5. The average molecular weight is 481 g/mol. The number of thioether (sulfide) groups is 2. The number of nitrogens with one attached hydrogen (secondary N) is 1. The number of nitrogens with zero attached hydrogens (tertiary/aromatic N) is 4. The molecular weight excluding hydrogens is 444 g/mol. The molecule has 32 heavy (non-hydrogen) atoms. The maximum Gasteiger partial charge on any atom is 0.233 e. The zero-order chi connectivity index (χ0) is 22.9. The third-order valence-corrected chi connectivity index (χ3v) is 9.66. The molecule has 4 aliphatic rings. The van der Waals surface area contributed by atoms with Gasteiger partial charge in [0.05, 0.1) is 11.5 Å². The predicted molar refractivity (Wildman–Crippen MR) is 128 cm³/mol. The van der Waals surface area contributed by atoms with Gasteiger partial charge in [-0.2, -0.15) is 0 Å². The second-order valence-electron chi connectivity index (χ2n) is 9.85. The smallest absolute Gasteiger partial charge is 0.233 e. The topological polar surface area (TPSA) is 106 Å². The van der Waals surface area contributed by atoms with Crippen molar-refractivity contribution in [3.8, 4) is 0 Å². The van der Waals surface area contributed by atoms with Crippen LogP contribution in [-0.4, -0.2) is 62.2 Å². The first-order chi connectivity index (χ1) is 15.3. The van der Waals surface area contributed by atoms with E-state index in [4.69, 9.17) is 5.84 Å². The SMILES string of the molecule is CCN(CC)C(=O)CSc1nnc(SCC(=O)NC(C)C23CC4CC(CC(C4)C2)C3)n1N. The summed E-state index contributed by atoms with van der Waals surface area (Å²) in [5.74, 6) is 9.33. The lowest BCUT2D eigenvalue weighted by molar-refractivity contribution is -0.128. The van der Waals surface area contributed by atoms with Crippen molar-refractivity contribution in [3.05, 3.63) is 0 Å². The van der Waals surface area contributed by atoms with Gasteiger partial charge in [0.2, 0.25) is 22.1 Å². The molecule has 0 aromatic carbocycles. The summed E-state index contributed by atoms with van der Waals surface area (Å²) < 4.78 is 1.38. The van der Waals surface area contributed by atoms with Crippen molar-refractivity contribution in [2.45, 2.75) is 75.7 Å². The molecule has 4 fully saturated rings. The number of carbonyl (C=O) groups is 2. The second-order valence-corrected chi connectivity index (χ2v) is 11.7. The van der Waals surface area contributed by atoms with E-state index in [-0.39, 0.29) is 29.4 Å². The molecule has 10 heteroatoms. The predicted octanol–water partition coefficient (Wildman–Crippen LogP) is 2.77. The van der Waals surface area contributed by atoms with Gasteiger partial charge in [-0.15, -0.1) is 10.2 Å². The van der Waals surface area contributed by atoms with E-state index in [9.17, 15) is 9.59 Å². The second kappa shape index (κ2) is 9.83. The fraction of sp³-hybridized carbons (Fsp3) is 0.818. The zero-order valence-electron chi connectivity index (χ0n) is 19.4. The monoisotopic (exact) mass is 480 g/mol. The summed E-state index contributed by atoms with van der Waals surface area (Å²) in [7, 11) is 0. The van der Waals surface area contributed by atoms with Crippen LogP contribution in [0.3, 0.4) is 0 Å². The first-order valence-electron chi connectivity index (χ1n) is 11.9. The summed E-state index contributed by atoms with van der Waals surface area (Å²) >= 11 is 2.56. The van der Waals surface area contributed by atoms with Crippen molar-refractivity contribution in [2.24, 2.45) is 23.2 Å². The average Bonchev–Trinajstić information content (AvgIpc) is 3.10. The van der Waals surface area contributed by atoms with E-state index < -0.39 is 0 Å². The van der Waals surface area contributed by atoms with Crippen LogP contribution in [0.15, 0.2) is 10.3 Å². The molecule has 1 aromatic heterocycles. The first-order valence-corrected chi connectivity index (χ1v) is 13.8. The van der Waals surface area contributed by atoms with Crippen LogP contribution in [0.1, 0.15) is 59.3 Å². The Balaban J connectivity index is 1.26. The summed E-state index contributed by atoms with van der Waals surface area (Å²) in [6.07, 6.45) is 8.04. The molecule has 4 bridgehead atoms. The molecule has 0 radical (unpaired) electrons. The lowest BCUT2D eigenvalue weighted by atomic mass is 9.48. The summed E-state index contributed by atoms with van der Waals surface area (Å²) in [5.41, 5.74) is 0.296. The van der Waals surface area contributed by atoms with Crippen molar-refractivity contribution in [1.29, 1.82) is 0 Å². The summed E-state index contributed by atoms with van der Waals surface area (Å²) in [6.45, 7) is 7.48. The van der Waals surface area contributed by atoms with E-state index in [1.807, 2.05) is 13.8 Å². The normalized spacial score (nSPS) is 29.2. The lowest BCUT2D eigenvalue weighted by Crippen LogP contribution is -2.56. The van der Waals surface area contributed by atoms with Gasteiger partial charge in [-0.3, -0.25) is 9.59 Å². The fourth-order valence-electron chi connectivity index (χ4n) is 6.53. The fourth-order valence-corrected chi connectivity index (χ4v) is 8.01. The Morgan fingerprint density at radius 3 is 2.06 bits per heavy atom. The Kier molecular flexibility index (Phi) is 7.29. The number of aromatic nitrogens is 3. The first kappa shape index (κ1) is 23.7. The molecule has 0 saturated heterocycles. The highest BCUT2D eigenvalue weighted by Crippen LogP contribution is 2.61. The Labute approximate surface area is 199 Å². The van der Waals surface area contributed by atoms with Crippen molar-refractivity contribution in [3.63, 3.8) is 0 Å². The number of nitrogens with two attached hydrogens (primary N) is 1. The van der Waals surface area contributed by atoms with Crippen LogP contribution in [0.2, 0.25) is 0 Å². The van der Waals surface area contributed by atoms with Gasteiger partial charge in [0.1, 0.15) is 0 Å². The molecule has 4 aliphatic carbocycles. The Morgan fingerprint density at radius 2 is 1.56 bits per heavy atom. The maximum absolute atomic E-state index is 12.7. The minimum atomic E-state index is 0.0205. The summed E-state index contributed by atoms with van der Waals surface area (Å²) in [6, 6.07) is 0.206. The van der Waals surface area contributed by atoms with Crippen LogP contribution in [0.4, 0.5) is 0 Å². The van der Waals surface area contributed by atoms with Gasteiger partial charge in [0.25, 0.3) is 0 Å². The van der Waals surface area contributed by atoms with Gasteiger partial charge in [0, 0.05) is 19.1 Å². The number of nitrogen functional groups attached to an aromatic ring is 1. The zero-order valence-corrected chi connectivity index (χ0v) is 21.0. The van der Waals surface area contributed by atoms with Gasteiger partial charge in [0.15, 0.2) is 0 Å². The van der Waals surface area contributed by atoms with E-state index in [1.165, 1.54) is 66.7 Å². The van der Waals surface area contributed by atoms with Gasteiger partial charge >= 0.3 is 0 Å². The molecule has 5 rings (SSSR count). The number of rotatable bonds is 10. The van der Waals surface area contributed by atoms with Crippen LogP contribution in [0.25, 0.3) is 0 Å². The quantitative estimate of drug-likeness (QED) is 0.392. The number of hydrogen-bond acceptors (Lipinski definition) is 7. The van der Waals surface area contributed by atoms with Crippen molar-refractivity contribution in [1.82, 2.24) is 25.1 Å². The molecule has 1 aromatic rings. The lowest BCUT2D eigenvalue weighted by Gasteiger charge is -2.59. The molecule has 0 aliphatic heterocycles. The molecule has 8 nitrogen and oxygen atoms in total. The molecule has 1 atom stereocenters. The van der Waals surface area contributed by atoms with Gasteiger partial charge in [-0.05, 0) is 82.5 Å². The van der Waals surface area contributed by atoms with Crippen LogP contribution in [0, 0.1) is 23.2 Å². The standard InChI is InChI=1S/C22H36N6O2S2/c1-4-27(5-2)19(30)13-32-21-26-25-20(28(21)23)31-12-18(29)24-14(3)22-9-15-6-16(10-22)8-17(7-15)11-22/h14-17H,4-13,23H2,1-3H3,(H,24,29). The van der Waals surface area contributed by atoms with E-state index in [0.29, 0.717) is 28.8 Å². The Hall–Kier alpha value is -1.42. The highest BCUT2D eigenvalue weighted by molar-refractivity contribution is 8.00. The van der Waals surface area contributed by atoms with E-state index in [0.717, 1.165) is 17.8 Å². The minimum Gasteiger partial charge on any atom is -0.352 e. The minimum absolute atomic E-state index is 0.0205. The molecular formula is C22H36N6O2S2. The van der Waals surface area contributed by atoms with Crippen LogP contribution in [0.5, 0.6) is 0 Å². The van der Waals surface area contributed by atoms with Crippen molar-refractivity contribution >= 4 is 35.3 Å².